The summed E-state index contributed by atoms with van der Waals surface area (Å²) in [4.78, 5) is 22.5. The third-order valence-electron chi connectivity index (χ3n) is 6.25. The molecule has 1 aromatic carbocycles. The van der Waals surface area contributed by atoms with Crippen LogP contribution in [0.15, 0.2) is 59.4 Å². The van der Waals surface area contributed by atoms with Crippen LogP contribution in [-0.4, -0.2) is 27.6 Å². The number of hydrogen-bond acceptors (Lipinski definition) is 6. The summed E-state index contributed by atoms with van der Waals surface area (Å²) in [5.41, 5.74) is 4.19. The van der Waals surface area contributed by atoms with Gasteiger partial charge in [-0.3, -0.25) is 9.78 Å². The summed E-state index contributed by atoms with van der Waals surface area (Å²) in [6.07, 6.45) is 5.54. The Morgan fingerprint density at radius 3 is 2.84 bits per heavy atom. The Kier molecular flexibility index (Phi) is 4.41. The fourth-order valence-electron chi connectivity index (χ4n) is 4.38. The highest BCUT2D eigenvalue weighted by Gasteiger charge is 2.34. The van der Waals surface area contributed by atoms with Crippen LogP contribution < -0.4 is 10.1 Å². The molecule has 7 nitrogen and oxygen atoms in total. The van der Waals surface area contributed by atoms with Gasteiger partial charge in [0, 0.05) is 35.4 Å². The molecular weight excluding hydrogens is 404 g/mol. The van der Waals surface area contributed by atoms with Crippen molar-refractivity contribution in [1.29, 1.82) is 0 Å². The van der Waals surface area contributed by atoms with Gasteiger partial charge in [0.15, 0.2) is 0 Å². The first kappa shape index (κ1) is 19.0. The van der Waals surface area contributed by atoms with E-state index < -0.39 is 0 Å². The molecule has 4 aromatic rings. The highest BCUT2D eigenvalue weighted by atomic mass is 16.5. The lowest BCUT2D eigenvalue weighted by molar-refractivity contribution is 0.0899. The Labute approximate surface area is 184 Å². The normalized spacial score (nSPS) is 19.9. The second kappa shape index (κ2) is 7.44. The van der Waals surface area contributed by atoms with Gasteiger partial charge in [0.1, 0.15) is 5.75 Å². The standard InChI is InChI=1S/C25H22N4O3/c1-14-13-31-20-7-3-2-6-17(20)22(14)28-24(30)18-11-19(16-5-4-10-26-12-16)27-25-21(18)23(29-32-25)15-8-9-15/h2-7,10-12,14-15,22H,8-9,13H2,1H3,(H,28,30). The monoisotopic (exact) mass is 426 g/mol. The topological polar surface area (TPSA) is 90.1 Å². The number of ether oxygens (including phenoxy) is 1. The fourth-order valence-corrected chi connectivity index (χ4v) is 4.38. The zero-order chi connectivity index (χ0) is 21.7. The predicted molar refractivity (Wildman–Crippen MR) is 118 cm³/mol. The summed E-state index contributed by atoms with van der Waals surface area (Å²) in [6.45, 7) is 2.63. The lowest BCUT2D eigenvalue weighted by Gasteiger charge is -2.32. The first-order valence-electron chi connectivity index (χ1n) is 10.9. The maximum absolute atomic E-state index is 13.7. The molecular formula is C25H22N4O3. The number of carbonyl (C=O) groups is 1. The number of benzene rings is 1. The van der Waals surface area contributed by atoms with Gasteiger partial charge >= 0.3 is 0 Å². The zero-order valence-electron chi connectivity index (χ0n) is 17.6. The number of fused-ring (bicyclic) bond motifs is 2. The molecule has 0 radical (unpaired) electrons. The lowest BCUT2D eigenvalue weighted by atomic mass is 9.91. The van der Waals surface area contributed by atoms with Crippen molar-refractivity contribution in [3.05, 3.63) is 71.7 Å². The van der Waals surface area contributed by atoms with Crippen LogP contribution in [0.5, 0.6) is 5.75 Å². The van der Waals surface area contributed by atoms with Gasteiger partial charge in [-0.25, -0.2) is 4.98 Å². The fraction of sp³-hybridized carbons (Fsp3) is 0.280. The summed E-state index contributed by atoms with van der Waals surface area (Å²) in [5.74, 6) is 1.11. The minimum absolute atomic E-state index is 0.134. The second-order valence-electron chi connectivity index (χ2n) is 8.60. The van der Waals surface area contributed by atoms with E-state index in [4.69, 9.17) is 9.26 Å². The molecule has 32 heavy (non-hydrogen) atoms. The molecule has 1 N–H and O–H groups in total. The number of aromatic nitrogens is 3. The predicted octanol–water partition coefficient (Wildman–Crippen LogP) is 4.66. The van der Waals surface area contributed by atoms with Crippen LogP contribution in [0.2, 0.25) is 0 Å². The summed E-state index contributed by atoms with van der Waals surface area (Å²) in [6, 6.07) is 13.3. The van der Waals surface area contributed by atoms with E-state index in [0.29, 0.717) is 34.9 Å². The van der Waals surface area contributed by atoms with Gasteiger partial charge < -0.3 is 14.6 Å². The zero-order valence-corrected chi connectivity index (χ0v) is 17.6. The van der Waals surface area contributed by atoms with Crippen LogP contribution in [0.25, 0.3) is 22.4 Å². The molecule has 1 amide bonds. The first-order chi connectivity index (χ1) is 15.7. The molecule has 1 aliphatic heterocycles. The Morgan fingerprint density at radius 1 is 1.16 bits per heavy atom. The molecule has 2 aliphatic rings. The molecule has 4 heterocycles. The van der Waals surface area contributed by atoms with Crippen LogP contribution in [0.3, 0.4) is 0 Å². The minimum Gasteiger partial charge on any atom is -0.493 e. The number of amides is 1. The third-order valence-corrected chi connectivity index (χ3v) is 6.25. The second-order valence-corrected chi connectivity index (χ2v) is 8.60. The Hall–Kier alpha value is -3.74. The van der Waals surface area contributed by atoms with Crippen LogP contribution in [0, 0.1) is 5.92 Å². The summed E-state index contributed by atoms with van der Waals surface area (Å²) in [7, 11) is 0. The van der Waals surface area contributed by atoms with E-state index in [0.717, 1.165) is 35.4 Å². The molecule has 1 saturated carbocycles. The van der Waals surface area contributed by atoms with Crippen molar-refractivity contribution in [1.82, 2.24) is 20.4 Å². The van der Waals surface area contributed by atoms with E-state index in [9.17, 15) is 4.79 Å². The van der Waals surface area contributed by atoms with E-state index in [-0.39, 0.29) is 17.9 Å². The highest BCUT2D eigenvalue weighted by Crippen LogP contribution is 2.44. The van der Waals surface area contributed by atoms with Crippen molar-refractivity contribution >= 4 is 17.0 Å². The molecule has 7 heteroatoms. The maximum atomic E-state index is 13.7. The molecule has 3 aromatic heterocycles. The lowest BCUT2D eigenvalue weighted by Crippen LogP contribution is -2.37. The van der Waals surface area contributed by atoms with Crippen LogP contribution in [-0.2, 0) is 0 Å². The van der Waals surface area contributed by atoms with E-state index in [1.165, 1.54) is 0 Å². The molecule has 0 spiro atoms. The SMILES string of the molecule is CC1COc2ccccc2C1NC(=O)c1cc(-c2cccnc2)nc2onc(C3CC3)c12. The highest BCUT2D eigenvalue weighted by molar-refractivity contribution is 6.07. The number of hydrogen-bond donors (Lipinski definition) is 1. The van der Waals surface area contributed by atoms with Gasteiger partial charge in [-0.15, -0.1) is 0 Å². The number of nitrogens with zero attached hydrogens (tertiary/aromatic N) is 3. The van der Waals surface area contributed by atoms with E-state index in [1.54, 1.807) is 12.4 Å². The van der Waals surface area contributed by atoms with Crippen LogP contribution in [0.4, 0.5) is 0 Å². The number of para-hydroxylation sites is 1. The van der Waals surface area contributed by atoms with Crippen molar-refractivity contribution in [2.45, 2.75) is 31.7 Å². The summed E-state index contributed by atoms with van der Waals surface area (Å²) in [5, 5.41) is 8.25. The molecule has 0 bridgehead atoms. The summed E-state index contributed by atoms with van der Waals surface area (Å²) >= 11 is 0. The molecule has 6 rings (SSSR count). The maximum Gasteiger partial charge on any atom is 0.259 e. The van der Waals surface area contributed by atoms with Crippen LogP contribution >= 0.6 is 0 Å². The molecule has 1 aliphatic carbocycles. The summed E-state index contributed by atoms with van der Waals surface area (Å²) < 4.78 is 11.4. The van der Waals surface area contributed by atoms with Crippen molar-refractivity contribution in [3.8, 4) is 17.0 Å². The average Bonchev–Trinajstić information content (AvgIpc) is 3.59. The van der Waals surface area contributed by atoms with Crippen molar-refractivity contribution in [3.63, 3.8) is 0 Å². The Morgan fingerprint density at radius 2 is 2.03 bits per heavy atom. The molecule has 2 unspecified atom stereocenters. The first-order valence-corrected chi connectivity index (χ1v) is 10.9. The minimum atomic E-state index is -0.166. The average molecular weight is 426 g/mol. The van der Waals surface area contributed by atoms with Gasteiger partial charge in [-0.05, 0) is 37.1 Å². The van der Waals surface area contributed by atoms with Gasteiger partial charge in [0.05, 0.1) is 35.0 Å². The Balaban J connectivity index is 1.45. The number of nitrogens with one attached hydrogen (secondary N) is 1. The van der Waals surface area contributed by atoms with E-state index >= 15 is 0 Å². The van der Waals surface area contributed by atoms with E-state index in [1.807, 2.05) is 42.5 Å². The Bertz CT molecular complexity index is 1310. The van der Waals surface area contributed by atoms with Crippen LogP contribution in [0.1, 0.15) is 53.3 Å². The molecule has 0 saturated heterocycles. The number of rotatable bonds is 4. The van der Waals surface area contributed by atoms with Gasteiger partial charge in [0.25, 0.3) is 11.6 Å². The largest absolute Gasteiger partial charge is 0.493 e. The molecule has 2 atom stereocenters. The van der Waals surface area contributed by atoms with E-state index in [2.05, 4.69) is 27.4 Å². The number of carbonyl (C=O) groups excluding carboxylic acids is 1. The van der Waals surface area contributed by atoms with Crippen molar-refractivity contribution in [2.75, 3.05) is 6.61 Å². The quantitative estimate of drug-likeness (QED) is 0.510. The third kappa shape index (κ3) is 3.21. The number of pyridine rings is 2. The smallest absolute Gasteiger partial charge is 0.259 e. The molecule has 160 valence electrons. The van der Waals surface area contributed by atoms with Gasteiger partial charge in [-0.1, -0.05) is 30.3 Å². The van der Waals surface area contributed by atoms with Gasteiger partial charge in [-0.2, -0.15) is 0 Å². The van der Waals surface area contributed by atoms with Crippen molar-refractivity contribution < 1.29 is 14.1 Å². The molecule has 1 fully saturated rings. The van der Waals surface area contributed by atoms with Crippen molar-refractivity contribution in [2.24, 2.45) is 5.92 Å². The van der Waals surface area contributed by atoms with Gasteiger partial charge in [0.2, 0.25) is 0 Å².